The van der Waals surface area contributed by atoms with Crippen molar-refractivity contribution in [1.29, 1.82) is 0 Å². The van der Waals surface area contributed by atoms with E-state index in [0.29, 0.717) is 5.02 Å². The highest BCUT2D eigenvalue weighted by Crippen LogP contribution is 2.34. The lowest BCUT2D eigenvalue weighted by atomic mass is 9.98. The average molecular weight is 397 g/mol. The molecule has 0 saturated carbocycles. The molecule has 1 aliphatic rings. The van der Waals surface area contributed by atoms with Crippen molar-refractivity contribution in [1.82, 2.24) is 19.7 Å². The van der Waals surface area contributed by atoms with Gasteiger partial charge in [0.05, 0.1) is 16.9 Å². The van der Waals surface area contributed by atoms with E-state index < -0.39 is 0 Å². The number of rotatable bonds is 6. The van der Waals surface area contributed by atoms with Crippen molar-refractivity contribution < 1.29 is 0 Å². The molecule has 0 aliphatic carbocycles. The molecule has 7 heteroatoms. The monoisotopic (exact) mass is 396 g/mol. The minimum Gasteiger partial charge on any atom is -0.348 e. The van der Waals surface area contributed by atoms with Gasteiger partial charge < -0.3 is 10.6 Å². The number of aromatic nitrogens is 3. The Morgan fingerprint density at radius 1 is 1.32 bits per heavy atom. The zero-order valence-electron chi connectivity index (χ0n) is 16.4. The van der Waals surface area contributed by atoms with Crippen LogP contribution in [0.25, 0.3) is 11.6 Å². The Bertz CT molecular complexity index is 1020. The molecular weight excluding hydrogens is 372 g/mol. The van der Waals surface area contributed by atoms with Crippen molar-refractivity contribution in [2.24, 2.45) is 0 Å². The molecule has 0 bridgehead atoms. The van der Waals surface area contributed by atoms with Crippen LogP contribution in [0.3, 0.4) is 0 Å². The molecular formula is C21H25ClN6. The van der Waals surface area contributed by atoms with Gasteiger partial charge >= 0.3 is 0 Å². The first-order chi connectivity index (χ1) is 13.6. The van der Waals surface area contributed by atoms with E-state index in [9.17, 15) is 0 Å². The summed E-state index contributed by atoms with van der Waals surface area (Å²) >= 11 is 6.41. The van der Waals surface area contributed by atoms with Crippen molar-refractivity contribution in [3.63, 3.8) is 0 Å². The third-order valence-corrected chi connectivity index (χ3v) is 5.62. The molecule has 1 atom stereocenters. The molecule has 28 heavy (non-hydrogen) atoms. The fraction of sp³-hybridized carbons (Fsp3) is 0.333. The number of likely N-dealkylation sites (N-methyl/N-ethyl adjacent to an activating group) is 1. The maximum absolute atomic E-state index is 6.41. The molecule has 0 spiro atoms. The maximum atomic E-state index is 6.41. The standard InChI is InChI=1S/C21H25ClN6/c1-4-5-10-21(23-3)11-9-16-20(27-21)28-13-24-12-17(28)19(25-16)26-18-14(2)7-6-8-15(18)22/h6-9,11-13,23,27H,4-5,10H2,1-3H3,(H,25,26). The van der Waals surface area contributed by atoms with Crippen molar-refractivity contribution in [2.45, 2.75) is 38.8 Å². The summed E-state index contributed by atoms with van der Waals surface area (Å²) in [7, 11) is 1.98. The third-order valence-electron chi connectivity index (χ3n) is 5.30. The van der Waals surface area contributed by atoms with Crippen LogP contribution in [0, 0.1) is 6.92 Å². The van der Waals surface area contributed by atoms with Crippen LogP contribution in [0.2, 0.25) is 5.02 Å². The minimum atomic E-state index is -0.282. The maximum Gasteiger partial charge on any atom is 0.157 e. The van der Waals surface area contributed by atoms with E-state index in [1.807, 2.05) is 49.1 Å². The SMILES string of the molecule is CCCCC1(NC)C=Cc2nc(Nc3c(C)cccc3Cl)c3cncn3c2N1. The lowest BCUT2D eigenvalue weighted by Crippen LogP contribution is -2.50. The van der Waals surface area contributed by atoms with Gasteiger partial charge in [-0.15, -0.1) is 0 Å². The van der Waals surface area contributed by atoms with Crippen LogP contribution >= 0.6 is 11.6 Å². The molecule has 0 amide bonds. The second-order valence-electron chi connectivity index (χ2n) is 7.18. The molecule has 3 heterocycles. The summed E-state index contributed by atoms with van der Waals surface area (Å²) in [4.78, 5) is 9.22. The summed E-state index contributed by atoms with van der Waals surface area (Å²) in [5.74, 6) is 1.66. The summed E-state index contributed by atoms with van der Waals surface area (Å²) < 4.78 is 2.04. The molecule has 6 nitrogen and oxygen atoms in total. The molecule has 0 fully saturated rings. The van der Waals surface area contributed by atoms with Crippen molar-refractivity contribution in [3.8, 4) is 0 Å². The van der Waals surface area contributed by atoms with Crippen LogP contribution in [-0.4, -0.2) is 27.1 Å². The van der Waals surface area contributed by atoms with Gasteiger partial charge in [-0.05, 0) is 50.6 Å². The first-order valence-electron chi connectivity index (χ1n) is 9.61. The third kappa shape index (κ3) is 3.23. The van der Waals surface area contributed by atoms with Crippen LogP contribution in [0.1, 0.15) is 37.4 Å². The number of nitrogens with one attached hydrogen (secondary N) is 3. The van der Waals surface area contributed by atoms with E-state index in [0.717, 1.165) is 53.4 Å². The predicted octanol–water partition coefficient (Wildman–Crippen LogP) is 4.98. The zero-order valence-corrected chi connectivity index (χ0v) is 17.1. The quantitative estimate of drug-likeness (QED) is 0.548. The summed E-state index contributed by atoms with van der Waals surface area (Å²) in [5.41, 5.74) is 3.39. The Morgan fingerprint density at radius 3 is 2.93 bits per heavy atom. The summed E-state index contributed by atoms with van der Waals surface area (Å²) in [6, 6.07) is 5.84. The Hall–Kier alpha value is -2.57. The molecule has 1 aliphatic heterocycles. The van der Waals surface area contributed by atoms with Gasteiger partial charge in [-0.3, -0.25) is 9.72 Å². The van der Waals surface area contributed by atoms with Crippen LogP contribution in [0.5, 0.6) is 0 Å². The first-order valence-corrected chi connectivity index (χ1v) is 9.99. The second-order valence-corrected chi connectivity index (χ2v) is 7.59. The van der Waals surface area contributed by atoms with Gasteiger partial charge in [-0.1, -0.05) is 37.1 Å². The molecule has 0 radical (unpaired) electrons. The Labute approximate surface area is 170 Å². The summed E-state index contributed by atoms with van der Waals surface area (Å²) in [6.07, 6.45) is 11.1. The molecule has 1 unspecified atom stereocenters. The Morgan fingerprint density at radius 2 is 2.18 bits per heavy atom. The Balaban J connectivity index is 1.78. The number of anilines is 3. The molecule has 4 rings (SSSR count). The number of imidazole rings is 1. The fourth-order valence-corrected chi connectivity index (χ4v) is 3.86. The van der Waals surface area contributed by atoms with Gasteiger partial charge in [-0.25, -0.2) is 9.97 Å². The van der Waals surface area contributed by atoms with Gasteiger partial charge in [0.1, 0.15) is 29.0 Å². The average Bonchev–Trinajstić information content (AvgIpc) is 3.20. The van der Waals surface area contributed by atoms with Crippen LogP contribution in [0.4, 0.5) is 17.3 Å². The lowest BCUT2D eigenvalue weighted by molar-refractivity contribution is 0.437. The van der Waals surface area contributed by atoms with Gasteiger partial charge in [0.25, 0.3) is 0 Å². The van der Waals surface area contributed by atoms with E-state index in [-0.39, 0.29) is 5.66 Å². The first kappa shape index (κ1) is 18.8. The molecule has 146 valence electrons. The molecule has 0 saturated heterocycles. The highest BCUT2D eigenvalue weighted by molar-refractivity contribution is 6.33. The van der Waals surface area contributed by atoms with Crippen LogP contribution in [0.15, 0.2) is 36.8 Å². The second kappa shape index (κ2) is 7.45. The topological polar surface area (TPSA) is 66.3 Å². The van der Waals surface area contributed by atoms with E-state index >= 15 is 0 Å². The smallest absolute Gasteiger partial charge is 0.157 e. The van der Waals surface area contributed by atoms with E-state index in [4.69, 9.17) is 16.6 Å². The largest absolute Gasteiger partial charge is 0.348 e. The van der Waals surface area contributed by atoms with Crippen LogP contribution < -0.4 is 16.0 Å². The van der Waals surface area contributed by atoms with Crippen molar-refractivity contribution in [3.05, 3.63) is 53.1 Å². The van der Waals surface area contributed by atoms with E-state index in [1.165, 1.54) is 0 Å². The number of benzene rings is 1. The van der Waals surface area contributed by atoms with E-state index in [2.05, 4.69) is 40.0 Å². The predicted molar refractivity (Wildman–Crippen MR) is 116 cm³/mol. The zero-order chi connectivity index (χ0) is 19.7. The number of unbranched alkanes of at least 4 members (excludes halogenated alkanes) is 1. The number of halogens is 1. The normalized spacial score (nSPS) is 18.1. The molecule has 2 aromatic heterocycles. The Kier molecular flexibility index (Phi) is 5.00. The minimum absolute atomic E-state index is 0.282. The van der Waals surface area contributed by atoms with Gasteiger partial charge in [0.15, 0.2) is 5.82 Å². The highest BCUT2D eigenvalue weighted by atomic mass is 35.5. The fourth-order valence-electron chi connectivity index (χ4n) is 3.59. The number of nitrogens with zero attached hydrogens (tertiary/aromatic N) is 3. The summed E-state index contributed by atoms with van der Waals surface area (Å²) in [6.45, 7) is 4.23. The number of hydrogen-bond donors (Lipinski definition) is 3. The van der Waals surface area contributed by atoms with Crippen LogP contribution in [-0.2, 0) is 0 Å². The summed E-state index contributed by atoms with van der Waals surface area (Å²) in [5, 5.41) is 11.1. The molecule has 3 aromatic rings. The van der Waals surface area contributed by atoms with Gasteiger partial charge in [-0.2, -0.15) is 0 Å². The highest BCUT2D eigenvalue weighted by Gasteiger charge is 2.30. The number of fused-ring (bicyclic) bond motifs is 3. The van der Waals surface area contributed by atoms with Gasteiger partial charge in [0, 0.05) is 0 Å². The van der Waals surface area contributed by atoms with Gasteiger partial charge in [0.2, 0.25) is 0 Å². The number of para-hydroxylation sites is 1. The van der Waals surface area contributed by atoms with E-state index in [1.54, 1.807) is 0 Å². The van der Waals surface area contributed by atoms with Crippen molar-refractivity contribution >= 4 is 40.5 Å². The number of aryl methyl sites for hydroxylation is 1. The molecule has 3 N–H and O–H groups in total. The molecule has 1 aromatic carbocycles. The van der Waals surface area contributed by atoms with Crippen molar-refractivity contribution in [2.75, 3.05) is 17.7 Å². The number of hydrogen-bond acceptors (Lipinski definition) is 5. The lowest BCUT2D eigenvalue weighted by Gasteiger charge is -2.36.